The highest BCUT2D eigenvalue weighted by atomic mass is 16.5. The topological polar surface area (TPSA) is 47.3 Å². The van der Waals surface area contributed by atoms with Crippen LogP contribution in [-0.4, -0.2) is 22.0 Å². The van der Waals surface area contributed by atoms with E-state index in [1.54, 1.807) is 13.3 Å². The summed E-state index contributed by atoms with van der Waals surface area (Å²) >= 11 is 0. The molecule has 0 aliphatic heterocycles. The second kappa shape index (κ2) is 5.45. The average Bonchev–Trinajstić information content (AvgIpc) is 2.88. The number of aliphatic hydroxyl groups is 1. The smallest absolute Gasteiger partial charge is 0.118 e. The molecule has 0 aliphatic carbocycles. The van der Waals surface area contributed by atoms with Crippen LogP contribution in [0.3, 0.4) is 0 Å². The van der Waals surface area contributed by atoms with Gasteiger partial charge in [-0.2, -0.15) is 5.10 Å². The predicted molar refractivity (Wildman–Crippen MR) is 74.2 cm³/mol. The van der Waals surface area contributed by atoms with Crippen LogP contribution in [0.2, 0.25) is 0 Å². The first-order valence-electron chi connectivity index (χ1n) is 6.44. The third-order valence-corrected chi connectivity index (χ3v) is 3.28. The van der Waals surface area contributed by atoms with Gasteiger partial charge < -0.3 is 9.84 Å². The molecule has 1 N–H and O–H groups in total. The highest BCUT2D eigenvalue weighted by molar-refractivity contribution is 5.29. The van der Waals surface area contributed by atoms with Gasteiger partial charge in [-0.05, 0) is 37.6 Å². The number of ether oxygens (including phenoxy) is 1. The lowest BCUT2D eigenvalue weighted by Gasteiger charge is -2.24. The normalized spacial score (nSPS) is 14.1. The Morgan fingerprint density at radius 3 is 2.53 bits per heavy atom. The molecule has 0 fully saturated rings. The molecule has 0 radical (unpaired) electrons. The lowest BCUT2D eigenvalue weighted by molar-refractivity contribution is 0.0480. The van der Waals surface area contributed by atoms with Crippen LogP contribution < -0.4 is 4.74 Å². The maximum atomic E-state index is 10.7. The molecule has 1 heterocycles. The Kier molecular flexibility index (Phi) is 3.90. The molecule has 1 aromatic heterocycles. The average molecular weight is 260 g/mol. The summed E-state index contributed by atoms with van der Waals surface area (Å²) < 4.78 is 6.95. The Bertz CT molecular complexity index is 529. The molecule has 0 amide bonds. The highest BCUT2D eigenvalue weighted by Gasteiger charge is 2.27. The number of nitrogens with zero attached hydrogens (tertiary/aromatic N) is 2. The van der Waals surface area contributed by atoms with Crippen LogP contribution in [0.5, 0.6) is 5.75 Å². The van der Waals surface area contributed by atoms with Gasteiger partial charge in [0, 0.05) is 19.2 Å². The fourth-order valence-electron chi connectivity index (χ4n) is 2.27. The van der Waals surface area contributed by atoms with Crippen molar-refractivity contribution in [2.45, 2.75) is 32.4 Å². The summed E-state index contributed by atoms with van der Waals surface area (Å²) in [5.41, 5.74) is 0.974. The van der Waals surface area contributed by atoms with E-state index in [4.69, 9.17) is 4.74 Å². The molecule has 4 heteroatoms. The molecule has 102 valence electrons. The molecule has 0 saturated carbocycles. The number of aromatic nitrogens is 2. The summed E-state index contributed by atoms with van der Waals surface area (Å²) in [5, 5.41) is 14.9. The van der Waals surface area contributed by atoms with Gasteiger partial charge in [-0.15, -0.1) is 0 Å². The lowest BCUT2D eigenvalue weighted by atomic mass is 9.93. The SMILES string of the molecule is CCn1nccc1C(C)(O)Cc1ccc(OC)cc1. The number of hydrogen-bond acceptors (Lipinski definition) is 3. The summed E-state index contributed by atoms with van der Waals surface area (Å²) in [6.07, 6.45) is 2.27. The molecule has 0 aliphatic rings. The molecule has 1 atom stereocenters. The predicted octanol–water partition coefficient (Wildman–Crippen LogP) is 2.36. The van der Waals surface area contributed by atoms with Gasteiger partial charge >= 0.3 is 0 Å². The van der Waals surface area contributed by atoms with E-state index in [-0.39, 0.29) is 0 Å². The maximum absolute atomic E-state index is 10.7. The summed E-state index contributed by atoms with van der Waals surface area (Å²) in [4.78, 5) is 0. The van der Waals surface area contributed by atoms with E-state index in [0.717, 1.165) is 23.6 Å². The van der Waals surface area contributed by atoms with Crippen molar-refractivity contribution in [2.24, 2.45) is 0 Å². The van der Waals surface area contributed by atoms with Crippen molar-refractivity contribution in [3.05, 3.63) is 47.8 Å². The van der Waals surface area contributed by atoms with Crippen LogP contribution in [0.15, 0.2) is 36.5 Å². The molecular formula is C15H20N2O2. The fraction of sp³-hybridized carbons (Fsp3) is 0.400. The molecule has 2 rings (SSSR count). The van der Waals surface area contributed by atoms with Crippen LogP contribution in [0, 0.1) is 0 Å². The molecule has 1 unspecified atom stereocenters. The van der Waals surface area contributed by atoms with Crippen molar-refractivity contribution in [3.8, 4) is 5.75 Å². The minimum Gasteiger partial charge on any atom is -0.497 e. The van der Waals surface area contributed by atoms with E-state index in [1.807, 2.05) is 48.9 Å². The molecule has 1 aromatic carbocycles. The van der Waals surface area contributed by atoms with Gasteiger partial charge in [-0.3, -0.25) is 4.68 Å². The minimum absolute atomic E-state index is 0.544. The van der Waals surface area contributed by atoms with E-state index in [0.29, 0.717) is 6.42 Å². The van der Waals surface area contributed by atoms with E-state index in [1.165, 1.54) is 0 Å². The highest BCUT2D eigenvalue weighted by Crippen LogP contribution is 2.26. The molecule has 0 bridgehead atoms. The molecule has 0 saturated heterocycles. The Morgan fingerprint density at radius 1 is 1.26 bits per heavy atom. The summed E-state index contributed by atoms with van der Waals surface area (Å²) in [5.74, 6) is 0.821. The Hall–Kier alpha value is -1.81. The molecular weight excluding hydrogens is 240 g/mol. The zero-order valence-corrected chi connectivity index (χ0v) is 11.6. The largest absolute Gasteiger partial charge is 0.497 e. The van der Waals surface area contributed by atoms with Crippen molar-refractivity contribution in [1.82, 2.24) is 9.78 Å². The first-order chi connectivity index (χ1) is 9.06. The van der Waals surface area contributed by atoms with Crippen molar-refractivity contribution in [1.29, 1.82) is 0 Å². The van der Waals surface area contributed by atoms with Crippen LogP contribution in [0.1, 0.15) is 25.1 Å². The molecule has 0 spiro atoms. The van der Waals surface area contributed by atoms with Gasteiger partial charge in [-0.25, -0.2) is 0 Å². The number of aryl methyl sites for hydroxylation is 1. The van der Waals surface area contributed by atoms with Crippen molar-refractivity contribution < 1.29 is 9.84 Å². The second-order valence-corrected chi connectivity index (χ2v) is 4.83. The summed E-state index contributed by atoms with van der Waals surface area (Å²) in [6.45, 7) is 4.58. The Labute approximate surface area is 113 Å². The van der Waals surface area contributed by atoms with Crippen LogP contribution in [0.4, 0.5) is 0 Å². The lowest BCUT2D eigenvalue weighted by Crippen LogP contribution is -2.28. The van der Waals surface area contributed by atoms with Gasteiger partial charge in [0.05, 0.1) is 12.8 Å². The number of methoxy groups -OCH3 is 1. The fourth-order valence-corrected chi connectivity index (χ4v) is 2.27. The summed E-state index contributed by atoms with van der Waals surface area (Å²) in [6, 6.07) is 9.62. The molecule has 4 nitrogen and oxygen atoms in total. The van der Waals surface area contributed by atoms with Gasteiger partial charge in [0.2, 0.25) is 0 Å². The zero-order chi connectivity index (χ0) is 13.9. The molecule has 2 aromatic rings. The zero-order valence-electron chi connectivity index (χ0n) is 11.6. The van der Waals surface area contributed by atoms with Gasteiger partial charge in [0.1, 0.15) is 11.4 Å². The third-order valence-electron chi connectivity index (χ3n) is 3.28. The quantitative estimate of drug-likeness (QED) is 0.897. The van der Waals surface area contributed by atoms with Crippen LogP contribution in [-0.2, 0) is 18.6 Å². The Balaban J connectivity index is 2.20. The second-order valence-electron chi connectivity index (χ2n) is 4.83. The van der Waals surface area contributed by atoms with Crippen molar-refractivity contribution in [2.75, 3.05) is 7.11 Å². The first-order valence-corrected chi connectivity index (χ1v) is 6.44. The van der Waals surface area contributed by atoms with Crippen molar-refractivity contribution >= 4 is 0 Å². The van der Waals surface area contributed by atoms with E-state index in [9.17, 15) is 5.11 Å². The summed E-state index contributed by atoms with van der Waals surface area (Å²) in [7, 11) is 1.64. The number of benzene rings is 1. The third kappa shape index (κ3) is 2.96. The standard InChI is InChI=1S/C15H20N2O2/c1-4-17-14(9-10-16-17)15(2,18)11-12-5-7-13(19-3)8-6-12/h5-10,18H,4,11H2,1-3H3. The van der Waals surface area contributed by atoms with E-state index < -0.39 is 5.60 Å². The van der Waals surface area contributed by atoms with Gasteiger partial charge in [0.25, 0.3) is 0 Å². The molecule has 19 heavy (non-hydrogen) atoms. The minimum atomic E-state index is -0.929. The Morgan fingerprint density at radius 2 is 1.95 bits per heavy atom. The van der Waals surface area contributed by atoms with Crippen molar-refractivity contribution in [3.63, 3.8) is 0 Å². The maximum Gasteiger partial charge on any atom is 0.118 e. The monoisotopic (exact) mass is 260 g/mol. The number of hydrogen-bond donors (Lipinski definition) is 1. The van der Waals surface area contributed by atoms with E-state index >= 15 is 0 Å². The van der Waals surface area contributed by atoms with Gasteiger partial charge in [0.15, 0.2) is 0 Å². The number of rotatable bonds is 5. The van der Waals surface area contributed by atoms with E-state index in [2.05, 4.69) is 5.10 Å². The first kappa shape index (κ1) is 13.6. The van der Waals surface area contributed by atoms with Crippen LogP contribution in [0.25, 0.3) is 0 Å². The van der Waals surface area contributed by atoms with Crippen LogP contribution >= 0.6 is 0 Å². The van der Waals surface area contributed by atoms with Gasteiger partial charge in [-0.1, -0.05) is 12.1 Å².